The minimum atomic E-state index is -0.419. The average molecular weight is 418 g/mol. The van der Waals surface area contributed by atoms with Gasteiger partial charge in [0.25, 0.3) is 0 Å². The summed E-state index contributed by atoms with van der Waals surface area (Å²) in [5, 5.41) is 5.50. The Kier molecular flexibility index (Phi) is 6.83. The maximum absolute atomic E-state index is 11.9. The van der Waals surface area contributed by atoms with Gasteiger partial charge in [0.1, 0.15) is 5.82 Å². The van der Waals surface area contributed by atoms with Crippen LogP contribution in [0.25, 0.3) is 22.6 Å². The number of ketones is 1. The molecule has 1 fully saturated rings. The molecule has 0 radical (unpaired) electrons. The van der Waals surface area contributed by atoms with Crippen LogP contribution in [-0.2, 0) is 6.54 Å². The minimum absolute atomic E-state index is 0.0508. The predicted molar refractivity (Wildman–Crippen MR) is 126 cm³/mol. The zero-order chi connectivity index (χ0) is 22.6. The van der Waals surface area contributed by atoms with Crippen molar-refractivity contribution in [2.45, 2.75) is 51.9 Å². The van der Waals surface area contributed by atoms with E-state index in [0.29, 0.717) is 18.2 Å². The van der Waals surface area contributed by atoms with Crippen molar-refractivity contribution in [3.63, 3.8) is 0 Å². The number of nitrogens with zero attached hydrogens (tertiary/aromatic N) is 2. The van der Waals surface area contributed by atoms with Gasteiger partial charge >= 0.3 is 0 Å². The van der Waals surface area contributed by atoms with Crippen molar-refractivity contribution in [2.75, 3.05) is 0 Å². The molecule has 0 aliphatic heterocycles. The van der Waals surface area contributed by atoms with E-state index in [4.69, 9.17) is 16.1 Å². The van der Waals surface area contributed by atoms with E-state index in [9.17, 15) is 4.79 Å². The maximum Gasteiger partial charge on any atom is 0.159 e. The van der Waals surface area contributed by atoms with Crippen molar-refractivity contribution >= 4 is 12.5 Å². The lowest BCUT2D eigenvalue weighted by Crippen LogP contribution is -2.51. The summed E-state index contributed by atoms with van der Waals surface area (Å²) in [6.07, 6.45) is 2.35. The lowest BCUT2D eigenvalue weighted by atomic mass is 10.0. The Hall–Kier alpha value is -3.09. The highest BCUT2D eigenvalue weighted by Gasteiger charge is 2.37. The SMILES string of the molecule is C=N.CC(=O)c1cccc(-c2nc(-c3ccccc3)[nH]c2CN(C2CC2)C(C)(C)N)c1. The van der Waals surface area contributed by atoms with Crippen LogP contribution < -0.4 is 5.73 Å². The van der Waals surface area contributed by atoms with Crippen LogP contribution >= 0.6 is 0 Å². The van der Waals surface area contributed by atoms with E-state index in [-0.39, 0.29) is 5.78 Å². The Morgan fingerprint density at radius 2 is 1.81 bits per heavy atom. The average Bonchev–Trinajstić information content (AvgIpc) is 3.51. The van der Waals surface area contributed by atoms with Gasteiger partial charge in [-0.2, -0.15) is 0 Å². The highest BCUT2D eigenvalue weighted by atomic mass is 16.1. The number of nitrogens with two attached hydrogens (primary N) is 1. The van der Waals surface area contributed by atoms with Crippen LogP contribution in [0.4, 0.5) is 0 Å². The molecule has 0 atom stereocenters. The molecule has 4 rings (SSSR count). The van der Waals surface area contributed by atoms with Gasteiger partial charge in [0.05, 0.1) is 17.1 Å². The van der Waals surface area contributed by atoms with Crippen molar-refractivity contribution in [1.82, 2.24) is 14.9 Å². The zero-order valence-electron chi connectivity index (χ0n) is 18.5. The van der Waals surface area contributed by atoms with Gasteiger partial charge in [-0.15, -0.1) is 0 Å². The lowest BCUT2D eigenvalue weighted by Gasteiger charge is -2.35. The van der Waals surface area contributed by atoms with E-state index in [1.165, 1.54) is 12.8 Å². The maximum atomic E-state index is 11.9. The molecule has 1 aliphatic rings. The van der Waals surface area contributed by atoms with Crippen LogP contribution in [0, 0.1) is 5.41 Å². The number of H-pyrrole nitrogens is 1. The summed E-state index contributed by atoms with van der Waals surface area (Å²) < 4.78 is 0. The standard InChI is InChI=1S/C24H28N4O.CH3N/c1-16(29)18-10-7-11-19(14-18)22-21(15-28(20-12-13-20)24(2,3)25)26-23(27-22)17-8-5-4-6-9-17;1-2/h4-11,14,20H,12-13,15,25H2,1-3H3,(H,26,27);2H,1H2. The fourth-order valence-electron chi connectivity index (χ4n) is 3.74. The summed E-state index contributed by atoms with van der Waals surface area (Å²) in [7, 11) is 0. The fourth-order valence-corrected chi connectivity index (χ4v) is 3.74. The second kappa shape index (κ2) is 9.37. The molecule has 31 heavy (non-hydrogen) atoms. The second-order valence-corrected chi connectivity index (χ2v) is 8.43. The van der Waals surface area contributed by atoms with Gasteiger partial charge in [-0.3, -0.25) is 9.69 Å². The van der Waals surface area contributed by atoms with Gasteiger partial charge in [-0.05, 0) is 46.4 Å². The Balaban J connectivity index is 0.00000132. The molecule has 1 heterocycles. The number of aromatic amines is 1. The summed E-state index contributed by atoms with van der Waals surface area (Å²) in [5.41, 5.74) is 10.6. The predicted octanol–water partition coefficient (Wildman–Crippen LogP) is 4.87. The first-order chi connectivity index (χ1) is 14.8. The number of rotatable bonds is 7. The third kappa shape index (κ3) is 5.34. The summed E-state index contributed by atoms with van der Waals surface area (Å²) in [6, 6.07) is 18.3. The molecule has 0 spiro atoms. The van der Waals surface area contributed by atoms with E-state index in [1.54, 1.807) is 6.92 Å². The molecular weight excluding hydrogens is 386 g/mol. The van der Waals surface area contributed by atoms with Gasteiger partial charge in [0, 0.05) is 29.3 Å². The molecule has 4 N–H and O–H groups in total. The second-order valence-electron chi connectivity index (χ2n) is 8.43. The highest BCUT2D eigenvalue weighted by molar-refractivity contribution is 5.95. The summed E-state index contributed by atoms with van der Waals surface area (Å²) >= 11 is 0. The van der Waals surface area contributed by atoms with Gasteiger partial charge < -0.3 is 16.1 Å². The number of hydrogen-bond donors (Lipinski definition) is 3. The normalized spacial score (nSPS) is 13.6. The van der Waals surface area contributed by atoms with Crippen LogP contribution in [0.3, 0.4) is 0 Å². The third-order valence-corrected chi connectivity index (χ3v) is 5.42. The third-order valence-electron chi connectivity index (χ3n) is 5.42. The van der Waals surface area contributed by atoms with Crippen molar-refractivity contribution in [2.24, 2.45) is 5.73 Å². The number of carbonyl (C=O) groups is 1. The number of imidazole rings is 1. The fraction of sp³-hybridized carbons (Fsp3) is 0.320. The molecule has 1 aromatic heterocycles. The highest BCUT2D eigenvalue weighted by Crippen LogP contribution is 2.35. The van der Waals surface area contributed by atoms with Gasteiger partial charge in [-0.1, -0.05) is 48.5 Å². The van der Waals surface area contributed by atoms with Crippen LogP contribution in [-0.4, -0.2) is 39.1 Å². The van der Waals surface area contributed by atoms with Crippen molar-refractivity contribution < 1.29 is 4.79 Å². The zero-order valence-corrected chi connectivity index (χ0v) is 18.5. The first kappa shape index (κ1) is 22.6. The number of nitrogens with one attached hydrogen (secondary N) is 2. The smallest absolute Gasteiger partial charge is 0.159 e. The Morgan fingerprint density at radius 3 is 2.39 bits per heavy atom. The number of aromatic nitrogens is 2. The summed E-state index contributed by atoms with van der Waals surface area (Å²) in [5.74, 6) is 0.879. The van der Waals surface area contributed by atoms with E-state index in [1.807, 2.05) is 54.6 Å². The molecule has 0 unspecified atom stereocenters. The van der Waals surface area contributed by atoms with E-state index >= 15 is 0 Å². The first-order valence-electron chi connectivity index (χ1n) is 10.5. The minimum Gasteiger partial charge on any atom is -0.340 e. The van der Waals surface area contributed by atoms with Crippen LogP contribution in [0.2, 0.25) is 0 Å². The largest absolute Gasteiger partial charge is 0.340 e. The first-order valence-corrected chi connectivity index (χ1v) is 10.5. The molecule has 6 nitrogen and oxygen atoms in total. The molecule has 3 aromatic rings. The summed E-state index contributed by atoms with van der Waals surface area (Å²) in [4.78, 5) is 22.7. The molecule has 0 bridgehead atoms. The van der Waals surface area contributed by atoms with Crippen molar-refractivity contribution in [1.29, 1.82) is 5.41 Å². The van der Waals surface area contributed by atoms with Gasteiger partial charge in [-0.25, -0.2) is 4.98 Å². The van der Waals surface area contributed by atoms with E-state index in [2.05, 4.69) is 30.4 Å². The van der Waals surface area contributed by atoms with E-state index in [0.717, 1.165) is 28.3 Å². The quantitative estimate of drug-likeness (QED) is 0.290. The molecule has 1 saturated carbocycles. The number of hydrogen-bond acceptors (Lipinski definition) is 5. The van der Waals surface area contributed by atoms with Gasteiger partial charge in [0.2, 0.25) is 0 Å². The number of carbonyl (C=O) groups excluding carboxylic acids is 1. The Bertz CT molecular complexity index is 1030. The number of benzene rings is 2. The molecule has 6 heteroatoms. The van der Waals surface area contributed by atoms with E-state index < -0.39 is 5.66 Å². The monoisotopic (exact) mass is 417 g/mol. The molecule has 162 valence electrons. The summed E-state index contributed by atoms with van der Waals surface area (Å²) in [6.45, 7) is 8.88. The van der Waals surface area contributed by atoms with Gasteiger partial charge in [0.15, 0.2) is 5.78 Å². The topological polar surface area (TPSA) is 98.9 Å². The van der Waals surface area contributed by atoms with Crippen LogP contribution in [0.1, 0.15) is 49.7 Å². The molecule has 0 amide bonds. The molecule has 2 aromatic carbocycles. The Morgan fingerprint density at radius 1 is 1.16 bits per heavy atom. The van der Waals surface area contributed by atoms with Crippen LogP contribution in [0.15, 0.2) is 54.6 Å². The molecule has 0 saturated heterocycles. The Labute approximate surface area is 184 Å². The van der Waals surface area contributed by atoms with Crippen LogP contribution in [0.5, 0.6) is 0 Å². The molecular formula is C25H31N5O. The van der Waals surface area contributed by atoms with Crippen molar-refractivity contribution in [3.05, 3.63) is 65.9 Å². The van der Waals surface area contributed by atoms with Crippen molar-refractivity contribution in [3.8, 4) is 22.6 Å². The number of Topliss-reactive ketones (excluding diaryl/α,β-unsaturated/α-hetero) is 1. The lowest BCUT2D eigenvalue weighted by molar-refractivity contribution is 0.101. The molecule has 1 aliphatic carbocycles.